The average molecular weight is 425 g/mol. The van der Waals surface area contributed by atoms with E-state index in [0.717, 1.165) is 12.8 Å². The molecule has 1 heterocycles. The van der Waals surface area contributed by atoms with Crippen LogP contribution < -0.4 is 14.8 Å². The van der Waals surface area contributed by atoms with Gasteiger partial charge >= 0.3 is 0 Å². The molecule has 1 N–H and O–H groups in total. The summed E-state index contributed by atoms with van der Waals surface area (Å²) in [6, 6.07) is 15.6. The Balaban J connectivity index is 1.48. The van der Waals surface area contributed by atoms with Crippen LogP contribution in [0.3, 0.4) is 0 Å². The van der Waals surface area contributed by atoms with E-state index in [4.69, 9.17) is 9.47 Å². The van der Waals surface area contributed by atoms with Crippen LogP contribution in [0.25, 0.3) is 0 Å². The van der Waals surface area contributed by atoms with Crippen molar-refractivity contribution in [3.63, 3.8) is 0 Å². The van der Waals surface area contributed by atoms with Crippen LogP contribution in [-0.4, -0.2) is 50.1 Å². The zero-order valence-electron chi connectivity index (χ0n) is 18.6. The second kappa shape index (κ2) is 10.8. The van der Waals surface area contributed by atoms with Crippen molar-refractivity contribution in [2.24, 2.45) is 5.92 Å². The third-order valence-electron chi connectivity index (χ3n) is 5.85. The van der Waals surface area contributed by atoms with Gasteiger partial charge in [0.05, 0.1) is 14.2 Å². The highest BCUT2D eigenvalue weighted by atomic mass is 16.5. The van der Waals surface area contributed by atoms with E-state index in [1.807, 2.05) is 18.2 Å². The van der Waals surface area contributed by atoms with Crippen LogP contribution in [0.2, 0.25) is 0 Å². The van der Waals surface area contributed by atoms with E-state index in [-0.39, 0.29) is 23.8 Å². The van der Waals surface area contributed by atoms with Crippen molar-refractivity contribution in [3.8, 4) is 11.5 Å². The van der Waals surface area contributed by atoms with Crippen LogP contribution in [-0.2, 0) is 11.2 Å². The Labute approximate surface area is 184 Å². The second-order valence-corrected chi connectivity index (χ2v) is 8.10. The third-order valence-corrected chi connectivity index (χ3v) is 5.85. The number of ether oxygens (including phenoxy) is 2. The van der Waals surface area contributed by atoms with E-state index in [1.165, 1.54) is 5.56 Å². The molecular formula is C25H32N2O4. The SMILES string of the molecule is COc1cc(OC)cc(C(=O)N2CCC(C(=O)NC(C)CCc3ccccc3)CC2)c1. The van der Waals surface area contributed by atoms with E-state index in [1.54, 1.807) is 37.3 Å². The van der Waals surface area contributed by atoms with E-state index in [9.17, 15) is 9.59 Å². The molecule has 1 unspecified atom stereocenters. The number of methoxy groups -OCH3 is 2. The Hall–Kier alpha value is -3.02. The first-order valence-corrected chi connectivity index (χ1v) is 10.9. The van der Waals surface area contributed by atoms with Crippen LogP contribution in [0.15, 0.2) is 48.5 Å². The number of carbonyl (C=O) groups excluding carboxylic acids is 2. The second-order valence-electron chi connectivity index (χ2n) is 8.10. The van der Waals surface area contributed by atoms with Crippen molar-refractivity contribution in [2.75, 3.05) is 27.3 Å². The molecular weight excluding hydrogens is 392 g/mol. The molecule has 0 spiro atoms. The summed E-state index contributed by atoms with van der Waals surface area (Å²) in [7, 11) is 3.13. The van der Waals surface area contributed by atoms with Gasteiger partial charge in [0.25, 0.3) is 5.91 Å². The maximum atomic E-state index is 12.9. The number of hydrogen-bond donors (Lipinski definition) is 1. The molecule has 6 heteroatoms. The molecule has 1 aliphatic rings. The molecule has 1 fully saturated rings. The lowest BCUT2D eigenvalue weighted by molar-refractivity contribution is -0.126. The fourth-order valence-electron chi connectivity index (χ4n) is 3.92. The summed E-state index contributed by atoms with van der Waals surface area (Å²) in [6.45, 7) is 3.18. The highest BCUT2D eigenvalue weighted by Gasteiger charge is 2.28. The van der Waals surface area contributed by atoms with Crippen molar-refractivity contribution in [2.45, 2.75) is 38.6 Å². The molecule has 2 aromatic carbocycles. The molecule has 1 aliphatic heterocycles. The predicted molar refractivity (Wildman–Crippen MR) is 121 cm³/mol. The van der Waals surface area contributed by atoms with E-state index < -0.39 is 0 Å². The van der Waals surface area contributed by atoms with E-state index >= 15 is 0 Å². The topological polar surface area (TPSA) is 67.9 Å². The first kappa shape index (κ1) is 22.7. The first-order valence-electron chi connectivity index (χ1n) is 10.9. The van der Waals surface area contributed by atoms with Gasteiger partial charge in [0.15, 0.2) is 0 Å². The highest BCUT2D eigenvalue weighted by molar-refractivity contribution is 5.95. The molecule has 0 saturated carbocycles. The lowest BCUT2D eigenvalue weighted by atomic mass is 9.94. The van der Waals surface area contributed by atoms with Crippen LogP contribution in [0.5, 0.6) is 11.5 Å². The minimum Gasteiger partial charge on any atom is -0.497 e. The van der Waals surface area contributed by atoms with Crippen molar-refractivity contribution < 1.29 is 19.1 Å². The molecule has 0 aliphatic carbocycles. The number of likely N-dealkylation sites (tertiary alicyclic amines) is 1. The zero-order chi connectivity index (χ0) is 22.2. The molecule has 3 rings (SSSR count). The summed E-state index contributed by atoms with van der Waals surface area (Å²) in [6.07, 6.45) is 3.19. The Morgan fingerprint density at radius 3 is 2.23 bits per heavy atom. The Bertz CT molecular complexity index is 854. The van der Waals surface area contributed by atoms with Gasteiger partial charge in [0.2, 0.25) is 5.91 Å². The summed E-state index contributed by atoms with van der Waals surface area (Å²) in [5.74, 6) is 1.15. The molecule has 2 amide bonds. The number of hydrogen-bond acceptors (Lipinski definition) is 4. The summed E-state index contributed by atoms with van der Waals surface area (Å²) < 4.78 is 10.5. The van der Waals surface area contributed by atoms with Gasteiger partial charge in [0.1, 0.15) is 11.5 Å². The maximum Gasteiger partial charge on any atom is 0.254 e. The Kier molecular flexibility index (Phi) is 7.93. The summed E-state index contributed by atoms with van der Waals surface area (Å²) in [5, 5.41) is 3.15. The quantitative estimate of drug-likeness (QED) is 0.702. The van der Waals surface area contributed by atoms with Gasteiger partial charge in [-0.05, 0) is 50.3 Å². The fraction of sp³-hybridized carbons (Fsp3) is 0.440. The van der Waals surface area contributed by atoms with Gasteiger partial charge in [-0.3, -0.25) is 9.59 Å². The number of benzene rings is 2. The number of piperidine rings is 1. The molecule has 2 aromatic rings. The minimum atomic E-state index is -0.0627. The molecule has 1 atom stereocenters. The molecule has 0 aromatic heterocycles. The van der Waals surface area contributed by atoms with Crippen LogP contribution in [0.1, 0.15) is 42.1 Å². The van der Waals surface area contributed by atoms with Crippen LogP contribution in [0.4, 0.5) is 0 Å². The lowest BCUT2D eigenvalue weighted by Gasteiger charge is -2.32. The summed E-state index contributed by atoms with van der Waals surface area (Å²) in [5.41, 5.74) is 1.82. The number of nitrogens with zero attached hydrogens (tertiary/aromatic N) is 1. The lowest BCUT2D eigenvalue weighted by Crippen LogP contribution is -2.44. The summed E-state index contributed by atoms with van der Waals surface area (Å²) in [4.78, 5) is 27.4. The predicted octanol–water partition coefficient (Wildman–Crippen LogP) is 3.69. The standard InChI is InChI=1S/C25H32N2O4/c1-18(9-10-19-7-5-4-6-8-19)26-24(28)20-11-13-27(14-12-20)25(29)21-15-22(30-2)17-23(16-21)31-3/h4-8,15-18,20H,9-14H2,1-3H3,(H,26,28). The van der Waals surface area contributed by atoms with Gasteiger partial charge < -0.3 is 19.7 Å². The minimum absolute atomic E-state index is 0.0527. The first-order chi connectivity index (χ1) is 15.0. The molecule has 1 saturated heterocycles. The average Bonchev–Trinajstić information content (AvgIpc) is 2.82. The summed E-state index contributed by atoms with van der Waals surface area (Å²) >= 11 is 0. The van der Waals surface area contributed by atoms with Gasteiger partial charge in [-0.15, -0.1) is 0 Å². The van der Waals surface area contributed by atoms with Gasteiger partial charge in [-0.1, -0.05) is 30.3 Å². The van der Waals surface area contributed by atoms with Crippen molar-refractivity contribution in [3.05, 3.63) is 59.7 Å². The molecule has 6 nitrogen and oxygen atoms in total. The largest absolute Gasteiger partial charge is 0.497 e. The molecule has 31 heavy (non-hydrogen) atoms. The monoisotopic (exact) mass is 424 g/mol. The van der Waals surface area contributed by atoms with Crippen molar-refractivity contribution >= 4 is 11.8 Å². The Morgan fingerprint density at radius 2 is 1.65 bits per heavy atom. The molecule has 0 bridgehead atoms. The number of nitrogens with one attached hydrogen (secondary N) is 1. The van der Waals surface area contributed by atoms with Gasteiger partial charge in [-0.2, -0.15) is 0 Å². The number of carbonyl (C=O) groups is 2. The smallest absolute Gasteiger partial charge is 0.254 e. The van der Waals surface area contributed by atoms with Crippen molar-refractivity contribution in [1.82, 2.24) is 10.2 Å². The zero-order valence-corrected chi connectivity index (χ0v) is 18.6. The van der Waals surface area contributed by atoms with Gasteiger partial charge in [0, 0.05) is 36.7 Å². The number of amides is 2. The normalized spacial score (nSPS) is 15.3. The van der Waals surface area contributed by atoms with Crippen LogP contribution >= 0.6 is 0 Å². The van der Waals surface area contributed by atoms with Crippen molar-refractivity contribution in [1.29, 1.82) is 0 Å². The van der Waals surface area contributed by atoms with Crippen LogP contribution in [0, 0.1) is 5.92 Å². The van der Waals surface area contributed by atoms with E-state index in [0.29, 0.717) is 43.0 Å². The Morgan fingerprint density at radius 1 is 1.03 bits per heavy atom. The van der Waals surface area contributed by atoms with Gasteiger partial charge in [-0.25, -0.2) is 0 Å². The molecule has 0 radical (unpaired) electrons. The number of aryl methyl sites for hydroxylation is 1. The molecule has 166 valence electrons. The number of rotatable bonds is 8. The fourth-order valence-corrected chi connectivity index (χ4v) is 3.92. The highest BCUT2D eigenvalue weighted by Crippen LogP contribution is 2.25. The maximum absolute atomic E-state index is 12.9. The third kappa shape index (κ3) is 6.23. The van der Waals surface area contributed by atoms with E-state index in [2.05, 4.69) is 24.4 Å².